The highest BCUT2D eigenvalue weighted by atomic mass is 16.5. The predicted octanol–water partition coefficient (Wildman–Crippen LogP) is 4.34. The van der Waals surface area contributed by atoms with Crippen LogP contribution in [0, 0.1) is 0 Å². The number of hydrogen-bond acceptors (Lipinski definition) is 3. The Balaban J connectivity index is 2.11. The standard InChI is InChI=1S/C19H24O3/c1-3-16(2)18(20)12-8-5-9-15-22-19(21)14-13-17-10-6-4-7-11-17/h3-4,6-7,10-11,13-14H,5,8-9,12,15H2,1-2H3/b14-13+,16-3+. The lowest BCUT2D eigenvalue weighted by Gasteiger charge is -2.03. The van der Waals surface area contributed by atoms with E-state index in [1.807, 2.05) is 50.3 Å². The molecule has 1 aromatic rings. The second-order valence-corrected chi connectivity index (χ2v) is 5.12. The molecule has 3 heteroatoms. The zero-order valence-electron chi connectivity index (χ0n) is 13.4. The largest absolute Gasteiger partial charge is 0.463 e. The number of benzene rings is 1. The lowest BCUT2D eigenvalue weighted by Crippen LogP contribution is -2.03. The zero-order valence-corrected chi connectivity index (χ0v) is 13.4. The van der Waals surface area contributed by atoms with Gasteiger partial charge in [0, 0.05) is 12.5 Å². The van der Waals surface area contributed by atoms with Crippen molar-refractivity contribution in [2.24, 2.45) is 0 Å². The third-order valence-corrected chi connectivity index (χ3v) is 3.38. The quantitative estimate of drug-likeness (QED) is 0.387. The fraction of sp³-hybridized carbons (Fsp3) is 0.368. The molecule has 0 amide bonds. The summed E-state index contributed by atoms with van der Waals surface area (Å²) in [5.41, 5.74) is 1.79. The molecule has 0 saturated heterocycles. The van der Waals surface area contributed by atoms with Crippen molar-refractivity contribution in [2.45, 2.75) is 39.5 Å². The third-order valence-electron chi connectivity index (χ3n) is 3.38. The van der Waals surface area contributed by atoms with E-state index in [-0.39, 0.29) is 11.8 Å². The van der Waals surface area contributed by atoms with Crippen molar-refractivity contribution in [1.29, 1.82) is 0 Å². The minimum atomic E-state index is -0.329. The van der Waals surface area contributed by atoms with Crippen molar-refractivity contribution in [3.63, 3.8) is 0 Å². The number of ether oxygens (including phenoxy) is 1. The van der Waals surface area contributed by atoms with Gasteiger partial charge in [-0.1, -0.05) is 36.4 Å². The minimum absolute atomic E-state index is 0.199. The molecule has 118 valence electrons. The lowest BCUT2D eigenvalue weighted by atomic mass is 10.1. The number of esters is 1. The first-order valence-corrected chi connectivity index (χ1v) is 7.69. The monoisotopic (exact) mass is 300 g/mol. The zero-order chi connectivity index (χ0) is 16.2. The van der Waals surface area contributed by atoms with Gasteiger partial charge in [-0.05, 0) is 50.3 Å². The van der Waals surface area contributed by atoms with Gasteiger partial charge in [0.25, 0.3) is 0 Å². The second kappa shape index (κ2) is 10.6. The molecule has 0 saturated carbocycles. The molecule has 0 bridgehead atoms. The molecule has 0 unspecified atom stereocenters. The van der Waals surface area contributed by atoms with E-state index in [9.17, 15) is 9.59 Å². The van der Waals surface area contributed by atoms with E-state index < -0.39 is 0 Å². The summed E-state index contributed by atoms with van der Waals surface area (Å²) in [6, 6.07) is 9.61. The summed E-state index contributed by atoms with van der Waals surface area (Å²) in [6.45, 7) is 4.10. The molecule has 0 N–H and O–H groups in total. The Kier molecular flexibility index (Phi) is 8.58. The molecule has 0 fully saturated rings. The van der Waals surface area contributed by atoms with Gasteiger partial charge in [-0.15, -0.1) is 0 Å². The van der Waals surface area contributed by atoms with Crippen LogP contribution in [0.15, 0.2) is 48.1 Å². The van der Waals surface area contributed by atoms with Crippen LogP contribution in [0.25, 0.3) is 6.08 Å². The van der Waals surface area contributed by atoms with Crippen molar-refractivity contribution >= 4 is 17.8 Å². The molecule has 0 aliphatic rings. The highest BCUT2D eigenvalue weighted by Crippen LogP contribution is 2.06. The van der Waals surface area contributed by atoms with Crippen LogP contribution in [0.4, 0.5) is 0 Å². The number of unbranched alkanes of at least 4 members (excludes halogenated alkanes) is 2. The van der Waals surface area contributed by atoms with Gasteiger partial charge >= 0.3 is 5.97 Å². The van der Waals surface area contributed by atoms with Gasteiger partial charge in [0.05, 0.1) is 6.61 Å². The van der Waals surface area contributed by atoms with Gasteiger partial charge in [-0.25, -0.2) is 4.79 Å². The molecular formula is C19H24O3. The third kappa shape index (κ3) is 7.58. The van der Waals surface area contributed by atoms with E-state index in [1.165, 1.54) is 6.08 Å². The summed E-state index contributed by atoms with van der Waals surface area (Å²) in [4.78, 5) is 23.1. The normalized spacial score (nSPS) is 11.6. The Morgan fingerprint density at radius 3 is 2.50 bits per heavy atom. The Morgan fingerprint density at radius 1 is 1.09 bits per heavy atom. The maximum Gasteiger partial charge on any atom is 0.330 e. The molecular weight excluding hydrogens is 276 g/mol. The van der Waals surface area contributed by atoms with Crippen LogP contribution in [0.5, 0.6) is 0 Å². The minimum Gasteiger partial charge on any atom is -0.463 e. The van der Waals surface area contributed by atoms with Gasteiger partial charge in [0.1, 0.15) is 0 Å². The summed E-state index contributed by atoms with van der Waals surface area (Å²) in [5, 5.41) is 0. The van der Waals surface area contributed by atoms with Gasteiger partial charge in [-0.2, -0.15) is 0 Å². The highest BCUT2D eigenvalue weighted by molar-refractivity contribution is 5.94. The lowest BCUT2D eigenvalue weighted by molar-refractivity contribution is -0.137. The molecule has 0 radical (unpaired) electrons. The first-order valence-electron chi connectivity index (χ1n) is 7.69. The van der Waals surface area contributed by atoms with Crippen molar-refractivity contribution in [3.05, 3.63) is 53.6 Å². The smallest absolute Gasteiger partial charge is 0.330 e. The molecule has 0 aliphatic heterocycles. The van der Waals surface area contributed by atoms with E-state index in [4.69, 9.17) is 4.74 Å². The maximum atomic E-state index is 11.6. The number of Topliss-reactive ketones (excluding diaryl/α,β-unsaturated/α-hetero) is 1. The van der Waals surface area contributed by atoms with Crippen molar-refractivity contribution in [2.75, 3.05) is 6.61 Å². The van der Waals surface area contributed by atoms with Crippen molar-refractivity contribution in [3.8, 4) is 0 Å². The SMILES string of the molecule is C/C=C(\C)C(=O)CCCCCOC(=O)/C=C/c1ccccc1. The number of carbonyl (C=O) groups is 2. The highest BCUT2D eigenvalue weighted by Gasteiger charge is 2.03. The maximum absolute atomic E-state index is 11.6. The molecule has 0 spiro atoms. The van der Waals surface area contributed by atoms with E-state index in [0.29, 0.717) is 13.0 Å². The Morgan fingerprint density at radius 2 is 1.82 bits per heavy atom. The van der Waals surface area contributed by atoms with Crippen LogP contribution in [-0.4, -0.2) is 18.4 Å². The topological polar surface area (TPSA) is 43.4 Å². The number of hydrogen-bond donors (Lipinski definition) is 0. The number of allylic oxidation sites excluding steroid dienone is 2. The molecule has 22 heavy (non-hydrogen) atoms. The fourth-order valence-electron chi connectivity index (χ4n) is 1.87. The van der Waals surface area contributed by atoms with E-state index >= 15 is 0 Å². The van der Waals surface area contributed by atoms with Gasteiger partial charge < -0.3 is 4.74 Å². The van der Waals surface area contributed by atoms with Crippen LogP contribution < -0.4 is 0 Å². The Bertz CT molecular complexity index is 527. The van der Waals surface area contributed by atoms with Crippen LogP contribution in [0.3, 0.4) is 0 Å². The fourth-order valence-corrected chi connectivity index (χ4v) is 1.87. The van der Waals surface area contributed by atoms with Crippen LogP contribution in [0.1, 0.15) is 45.1 Å². The summed E-state index contributed by atoms with van der Waals surface area (Å²) >= 11 is 0. The number of carbonyl (C=O) groups excluding carboxylic acids is 2. The summed E-state index contributed by atoms with van der Waals surface area (Å²) in [5.74, 6) is -0.130. The summed E-state index contributed by atoms with van der Waals surface area (Å²) in [7, 11) is 0. The van der Waals surface area contributed by atoms with Crippen LogP contribution in [0.2, 0.25) is 0 Å². The van der Waals surface area contributed by atoms with E-state index in [0.717, 1.165) is 30.4 Å². The number of rotatable bonds is 9. The van der Waals surface area contributed by atoms with Gasteiger partial charge in [0.15, 0.2) is 5.78 Å². The van der Waals surface area contributed by atoms with Crippen molar-refractivity contribution in [1.82, 2.24) is 0 Å². The van der Waals surface area contributed by atoms with Gasteiger partial charge in [-0.3, -0.25) is 4.79 Å². The van der Waals surface area contributed by atoms with E-state index in [1.54, 1.807) is 6.08 Å². The van der Waals surface area contributed by atoms with Crippen molar-refractivity contribution < 1.29 is 14.3 Å². The first kappa shape index (κ1) is 17.9. The molecule has 0 aliphatic carbocycles. The Hall–Kier alpha value is -2.16. The van der Waals surface area contributed by atoms with E-state index in [2.05, 4.69) is 0 Å². The number of ketones is 1. The van der Waals surface area contributed by atoms with Gasteiger partial charge in [0.2, 0.25) is 0 Å². The van der Waals surface area contributed by atoms with Crippen LogP contribution >= 0.6 is 0 Å². The molecule has 1 rings (SSSR count). The average molecular weight is 300 g/mol. The second-order valence-electron chi connectivity index (χ2n) is 5.12. The Labute approximate surface area is 132 Å². The predicted molar refractivity (Wildman–Crippen MR) is 89.3 cm³/mol. The molecule has 0 atom stereocenters. The first-order chi connectivity index (χ1) is 10.6. The van der Waals surface area contributed by atoms with Crippen LogP contribution in [-0.2, 0) is 14.3 Å². The molecule has 1 aromatic carbocycles. The summed E-state index contributed by atoms with van der Waals surface area (Å²) in [6.07, 6.45) is 8.09. The molecule has 0 heterocycles. The molecule has 0 aromatic heterocycles. The summed E-state index contributed by atoms with van der Waals surface area (Å²) < 4.78 is 5.12. The molecule has 3 nitrogen and oxygen atoms in total. The average Bonchev–Trinajstić information content (AvgIpc) is 2.56.